The van der Waals surface area contributed by atoms with Gasteiger partial charge in [0.1, 0.15) is 5.75 Å². The highest BCUT2D eigenvalue weighted by molar-refractivity contribution is 5.31. The zero-order valence-corrected chi connectivity index (χ0v) is 10.7. The Bertz CT molecular complexity index is 497. The zero-order chi connectivity index (χ0) is 12.8. The van der Waals surface area contributed by atoms with Gasteiger partial charge in [0, 0.05) is 12.6 Å². The molecule has 0 atom stereocenters. The minimum Gasteiger partial charge on any atom is -0.438 e. The molecule has 0 spiro atoms. The van der Waals surface area contributed by atoms with E-state index >= 15 is 0 Å². The Hall–Kier alpha value is -1.94. The first-order valence-electron chi connectivity index (χ1n) is 6.06. The van der Waals surface area contributed by atoms with Gasteiger partial charge in [-0.25, -0.2) is 0 Å². The number of benzene rings is 1. The number of hydrogen-bond donors (Lipinski definition) is 1. The van der Waals surface area contributed by atoms with E-state index < -0.39 is 0 Å². The van der Waals surface area contributed by atoms with Gasteiger partial charge in [-0.15, -0.1) is 5.10 Å². The fourth-order valence-electron chi connectivity index (χ4n) is 1.63. The van der Waals surface area contributed by atoms with E-state index in [-0.39, 0.29) is 0 Å². The van der Waals surface area contributed by atoms with Crippen molar-refractivity contribution in [1.82, 2.24) is 15.5 Å². The van der Waals surface area contributed by atoms with Crippen molar-refractivity contribution in [2.45, 2.75) is 19.9 Å². The van der Waals surface area contributed by atoms with Gasteiger partial charge in [-0.3, -0.25) is 0 Å². The van der Waals surface area contributed by atoms with Gasteiger partial charge in [-0.05, 0) is 37.2 Å². The van der Waals surface area contributed by atoms with Crippen molar-refractivity contribution in [1.29, 1.82) is 0 Å². The maximum atomic E-state index is 5.66. The highest BCUT2D eigenvalue weighted by Crippen LogP contribution is 2.20. The molecule has 1 aromatic heterocycles. The summed E-state index contributed by atoms with van der Waals surface area (Å²) in [6.07, 6.45) is 0.990. The number of aryl methyl sites for hydroxylation is 1. The number of aromatic nitrogens is 2. The number of ether oxygens (including phenoxy) is 1. The molecule has 4 nitrogen and oxygen atoms in total. The summed E-state index contributed by atoms with van der Waals surface area (Å²) in [5.41, 5.74) is 2.14. The Morgan fingerprint density at radius 1 is 1.17 bits per heavy atom. The largest absolute Gasteiger partial charge is 0.438 e. The second-order valence-corrected chi connectivity index (χ2v) is 4.00. The minimum absolute atomic E-state index is 0.517. The summed E-state index contributed by atoms with van der Waals surface area (Å²) in [4.78, 5) is 0. The van der Waals surface area contributed by atoms with Gasteiger partial charge in [0.2, 0.25) is 5.88 Å². The van der Waals surface area contributed by atoms with Crippen molar-refractivity contribution in [3.05, 3.63) is 47.7 Å². The zero-order valence-electron chi connectivity index (χ0n) is 10.7. The number of hydrogen-bond acceptors (Lipinski definition) is 4. The lowest BCUT2D eigenvalue weighted by molar-refractivity contribution is 0.453. The van der Waals surface area contributed by atoms with Crippen LogP contribution < -0.4 is 10.1 Å². The lowest BCUT2D eigenvalue weighted by Crippen LogP contribution is -2.07. The Morgan fingerprint density at radius 3 is 2.72 bits per heavy atom. The Morgan fingerprint density at radius 2 is 2.06 bits per heavy atom. The molecule has 0 saturated carbocycles. The molecule has 1 N–H and O–H groups in total. The van der Waals surface area contributed by atoms with E-state index in [0.29, 0.717) is 12.4 Å². The van der Waals surface area contributed by atoms with E-state index in [9.17, 15) is 0 Å². The van der Waals surface area contributed by atoms with Crippen LogP contribution in [0.5, 0.6) is 11.6 Å². The third-order valence-electron chi connectivity index (χ3n) is 2.58. The lowest BCUT2D eigenvalue weighted by atomic mass is 10.2. The lowest BCUT2D eigenvalue weighted by Gasteiger charge is -2.06. The molecular weight excluding hydrogens is 226 g/mol. The van der Waals surface area contributed by atoms with Crippen LogP contribution in [0.25, 0.3) is 0 Å². The molecule has 0 amide bonds. The summed E-state index contributed by atoms with van der Waals surface area (Å²) >= 11 is 0. The third-order valence-corrected chi connectivity index (χ3v) is 2.58. The Labute approximate surface area is 107 Å². The first kappa shape index (κ1) is 12.5. The quantitative estimate of drug-likeness (QED) is 0.876. The normalized spacial score (nSPS) is 10.3. The van der Waals surface area contributed by atoms with Crippen LogP contribution in [0.15, 0.2) is 36.4 Å². The van der Waals surface area contributed by atoms with E-state index in [1.54, 1.807) is 0 Å². The van der Waals surface area contributed by atoms with Gasteiger partial charge in [0.15, 0.2) is 0 Å². The Kier molecular flexibility index (Phi) is 4.25. The first-order valence-corrected chi connectivity index (χ1v) is 6.06. The smallest absolute Gasteiger partial charge is 0.238 e. The SMILES string of the molecule is CCc1cccc(Oc2ccc(CNC)nn2)c1. The predicted octanol–water partition coefficient (Wildman–Crippen LogP) is 2.55. The molecule has 0 aliphatic heterocycles. The van der Waals surface area contributed by atoms with Gasteiger partial charge in [0.05, 0.1) is 5.69 Å². The van der Waals surface area contributed by atoms with Crippen molar-refractivity contribution >= 4 is 0 Å². The summed E-state index contributed by atoms with van der Waals surface area (Å²) in [7, 11) is 1.88. The van der Waals surface area contributed by atoms with E-state index in [0.717, 1.165) is 17.9 Å². The second kappa shape index (κ2) is 6.12. The van der Waals surface area contributed by atoms with E-state index in [1.807, 2.05) is 37.4 Å². The van der Waals surface area contributed by atoms with Gasteiger partial charge in [0.25, 0.3) is 0 Å². The van der Waals surface area contributed by atoms with Crippen LogP contribution in [0.4, 0.5) is 0 Å². The van der Waals surface area contributed by atoms with Gasteiger partial charge in [-0.2, -0.15) is 5.10 Å². The molecule has 0 bridgehead atoms. The number of rotatable bonds is 5. The standard InChI is InChI=1S/C14H17N3O/c1-3-11-5-4-6-13(9-11)18-14-8-7-12(10-15-2)16-17-14/h4-9,15H,3,10H2,1-2H3. The van der Waals surface area contributed by atoms with Gasteiger partial charge in [-0.1, -0.05) is 19.1 Å². The Balaban J connectivity index is 2.08. The fraction of sp³-hybridized carbons (Fsp3) is 0.286. The van der Waals surface area contributed by atoms with Gasteiger partial charge >= 0.3 is 0 Å². The molecule has 0 unspecified atom stereocenters. The molecule has 2 aromatic rings. The molecule has 94 valence electrons. The molecular formula is C14H17N3O. The molecule has 0 saturated heterocycles. The van der Waals surface area contributed by atoms with Crippen LogP contribution >= 0.6 is 0 Å². The molecule has 0 aliphatic carbocycles. The molecule has 2 rings (SSSR count). The molecule has 0 radical (unpaired) electrons. The first-order chi connectivity index (χ1) is 8.81. The summed E-state index contributed by atoms with van der Waals surface area (Å²) in [5.74, 6) is 1.31. The molecule has 1 heterocycles. The van der Waals surface area contributed by atoms with E-state index in [2.05, 4.69) is 28.5 Å². The monoisotopic (exact) mass is 243 g/mol. The molecule has 1 aromatic carbocycles. The highest BCUT2D eigenvalue weighted by atomic mass is 16.5. The van der Waals surface area contributed by atoms with Crippen molar-refractivity contribution in [3.8, 4) is 11.6 Å². The summed E-state index contributed by atoms with van der Waals surface area (Å²) in [6, 6.07) is 11.7. The predicted molar refractivity (Wildman–Crippen MR) is 70.7 cm³/mol. The van der Waals surface area contributed by atoms with Crippen molar-refractivity contribution in [2.75, 3.05) is 7.05 Å². The van der Waals surface area contributed by atoms with Gasteiger partial charge < -0.3 is 10.1 Å². The topological polar surface area (TPSA) is 47.0 Å². The summed E-state index contributed by atoms with van der Waals surface area (Å²) in [5, 5.41) is 11.1. The van der Waals surface area contributed by atoms with Crippen molar-refractivity contribution in [3.63, 3.8) is 0 Å². The summed E-state index contributed by atoms with van der Waals surface area (Å²) < 4.78 is 5.66. The van der Waals surface area contributed by atoms with Crippen LogP contribution in [0.3, 0.4) is 0 Å². The van der Waals surface area contributed by atoms with Crippen LogP contribution in [-0.4, -0.2) is 17.2 Å². The molecule has 4 heteroatoms. The second-order valence-electron chi connectivity index (χ2n) is 4.00. The average Bonchev–Trinajstić information content (AvgIpc) is 2.42. The molecule has 0 aliphatic rings. The van der Waals surface area contributed by atoms with Crippen LogP contribution in [0.2, 0.25) is 0 Å². The number of nitrogens with zero attached hydrogens (tertiary/aromatic N) is 2. The summed E-state index contributed by atoms with van der Waals surface area (Å²) in [6.45, 7) is 2.82. The molecule has 0 fully saturated rings. The van der Waals surface area contributed by atoms with Crippen molar-refractivity contribution < 1.29 is 4.74 Å². The van der Waals surface area contributed by atoms with Crippen LogP contribution in [-0.2, 0) is 13.0 Å². The van der Waals surface area contributed by atoms with Crippen molar-refractivity contribution in [2.24, 2.45) is 0 Å². The minimum atomic E-state index is 0.517. The molecule has 18 heavy (non-hydrogen) atoms. The van der Waals surface area contributed by atoms with Crippen LogP contribution in [0, 0.1) is 0 Å². The fourth-order valence-corrected chi connectivity index (χ4v) is 1.63. The van der Waals surface area contributed by atoms with E-state index in [1.165, 1.54) is 5.56 Å². The third kappa shape index (κ3) is 3.28. The maximum absolute atomic E-state index is 5.66. The van der Waals surface area contributed by atoms with E-state index in [4.69, 9.17) is 4.74 Å². The number of nitrogens with one attached hydrogen (secondary N) is 1. The average molecular weight is 243 g/mol. The maximum Gasteiger partial charge on any atom is 0.238 e. The van der Waals surface area contributed by atoms with Crippen LogP contribution in [0.1, 0.15) is 18.2 Å². The highest BCUT2D eigenvalue weighted by Gasteiger charge is 2.01.